The van der Waals surface area contributed by atoms with Crippen LogP contribution in [0.4, 0.5) is 0 Å². The summed E-state index contributed by atoms with van der Waals surface area (Å²) in [6, 6.07) is 3.84. The van der Waals surface area contributed by atoms with Crippen molar-refractivity contribution in [2.24, 2.45) is 10.7 Å². The summed E-state index contributed by atoms with van der Waals surface area (Å²) in [4.78, 5) is 5.18. The van der Waals surface area contributed by atoms with Gasteiger partial charge in [-0.05, 0) is 25.0 Å². The van der Waals surface area contributed by atoms with Crippen LogP contribution < -0.4 is 11.1 Å². The maximum Gasteiger partial charge on any atom is 0.189 e. The molecule has 0 saturated heterocycles. The zero-order valence-corrected chi connectivity index (χ0v) is 13.3. The zero-order valence-electron chi connectivity index (χ0n) is 11.6. The normalized spacial score (nSPS) is 18.1. The van der Waals surface area contributed by atoms with Crippen molar-refractivity contribution < 1.29 is 8.42 Å². The van der Waals surface area contributed by atoms with Gasteiger partial charge in [0, 0.05) is 17.2 Å². The Labute approximate surface area is 124 Å². The highest BCUT2D eigenvalue weighted by molar-refractivity contribution is 7.92. The Morgan fingerprint density at radius 2 is 2.10 bits per heavy atom. The third-order valence-corrected chi connectivity index (χ3v) is 6.25. The summed E-state index contributed by atoms with van der Waals surface area (Å²) in [5.41, 5.74) is 5.87. The molecule has 112 valence electrons. The van der Waals surface area contributed by atoms with Crippen LogP contribution in [0.2, 0.25) is 0 Å². The van der Waals surface area contributed by atoms with Crippen molar-refractivity contribution in [3.05, 3.63) is 17.0 Å². The van der Waals surface area contributed by atoms with Crippen molar-refractivity contribution in [1.29, 1.82) is 0 Å². The Kier molecular flexibility index (Phi) is 5.04. The number of guanidine groups is 1. The van der Waals surface area contributed by atoms with Crippen molar-refractivity contribution in [1.82, 2.24) is 5.32 Å². The first-order chi connectivity index (χ1) is 9.45. The summed E-state index contributed by atoms with van der Waals surface area (Å²) in [6.07, 6.45) is 7.30. The molecule has 5 nitrogen and oxygen atoms in total. The topological polar surface area (TPSA) is 84.5 Å². The van der Waals surface area contributed by atoms with Crippen LogP contribution in [0.1, 0.15) is 37.0 Å². The average Bonchev–Trinajstić information content (AvgIpc) is 2.86. The van der Waals surface area contributed by atoms with Crippen LogP contribution in [0.15, 0.2) is 21.3 Å². The number of nitrogens with two attached hydrogens (primary N) is 1. The predicted octanol–water partition coefficient (Wildman–Crippen LogP) is 1.89. The van der Waals surface area contributed by atoms with E-state index in [2.05, 4.69) is 10.3 Å². The molecule has 7 heteroatoms. The van der Waals surface area contributed by atoms with Gasteiger partial charge in [-0.1, -0.05) is 19.3 Å². The van der Waals surface area contributed by atoms with E-state index < -0.39 is 9.84 Å². The smallest absolute Gasteiger partial charge is 0.189 e. The van der Waals surface area contributed by atoms with E-state index in [0.29, 0.717) is 22.8 Å². The summed E-state index contributed by atoms with van der Waals surface area (Å²) in [7, 11) is -3.12. The number of hydrogen-bond acceptors (Lipinski definition) is 4. The van der Waals surface area contributed by atoms with Crippen LogP contribution >= 0.6 is 11.3 Å². The van der Waals surface area contributed by atoms with Crippen molar-refractivity contribution in [2.45, 2.75) is 48.9 Å². The van der Waals surface area contributed by atoms with E-state index in [0.717, 1.165) is 17.7 Å². The highest BCUT2D eigenvalue weighted by atomic mass is 32.2. The Morgan fingerprint density at radius 1 is 1.40 bits per heavy atom. The van der Waals surface area contributed by atoms with Crippen LogP contribution in [0, 0.1) is 0 Å². The molecule has 2 rings (SSSR count). The lowest BCUT2D eigenvalue weighted by atomic mass is 9.96. The summed E-state index contributed by atoms with van der Waals surface area (Å²) in [5, 5.41) is 3.24. The molecule has 0 radical (unpaired) electrons. The molecular weight excluding hydrogens is 294 g/mol. The van der Waals surface area contributed by atoms with Gasteiger partial charge in [0.1, 0.15) is 4.21 Å². The van der Waals surface area contributed by atoms with Crippen LogP contribution in [0.25, 0.3) is 0 Å². The van der Waals surface area contributed by atoms with Gasteiger partial charge >= 0.3 is 0 Å². The molecule has 0 atom stereocenters. The second-order valence-corrected chi connectivity index (χ2v) is 8.58. The van der Waals surface area contributed by atoms with Crippen LogP contribution in [-0.4, -0.2) is 26.7 Å². The van der Waals surface area contributed by atoms with E-state index in [1.165, 1.54) is 36.9 Å². The van der Waals surface area contributed by atoms with Crippen LogP contribution in [0.3, 0.4) is 0 Å². The van der Waals surface area contributed by atoms with Gasteiger partial charge in [0.2, 0.25) is 0 Å². The Morgan fingerprint density at radius 3 is 2.70 bits per heavy atom. The van der Waals surface area contributed by atoms with Gasteiger partial charge in [-0.15, -0.1) is 11.3 Å². The lowest BCUT2D eigenvalue weighted by Crippen LogP contribution is -2.41. The SMILES string of the molecule is CS(=O)(=O)c1ccc(CN=C(N)NC2CCCCC2)s1. The second kappa shape index (κ2) is 6.58. The molecular formula is C13H21N3O2S2. The molecule has 1 heterocycles. The fourth-order valence-corrected chi connectivity index (χ4v) is 4.21. The third-order valence-electron chi connectivity index (χ3n) is 3.36. The van der Waals surface area contributed by atoms with Gasteiger partial charge in [0.15, 0.2) is 15.8 Å². The molecule has 1 aliphatic rings. The van der Waals surface area contributed by atoms with Gasteiger partial charge < -0.3 is 11.1 Å². The van der Waals surface area contributed by atoms with Gasteiger partial charge in [-0.25, -0.2) is 13.4 Å². The second-order valence-electron chi connectivity index (χ2n) is 5.17. The molecule has 1 fully saturated rings. The Bertz CT molecular complexity index is 572. The number of aliphatic imine (C=N–C) groups is 1. The molecule has 0 unspecified atom stereocenters. The lowest BCUT2D eigenvalue weighted by molar-refractivity contribution is 0.412. The number of nitrogens with one attached hydrogen (secondary N) is 1. The molecule has 1 aliphatic carbocycles. The lowest BCUT2D eigenvalue weighted by Gasteiger charge is -2.23. The molecule has 0 aromatic carbocycles. The largest absolute Gasteiger partial charge is 0.370 e. The standard InChI is InChI=1S/C13H21N3O2S2/c1-20(17,18)12-8-7-11(19-12)9-15-13(14)16-10-5-3-2-4-6-10/h7-8,10H,2-6,9H2,1H3,(H3,14,15,16). The van der Waals surface area contributed by atoms with Gasteiger partial charge in [0.05, 0.1) is 6.54 Å². The van der Waals surface area contributed by atoms with Gasteiger partial charge in [0.25, 0.3) is 0 Å². The molecule has 0 aliphatic heterocycles. The summed E-state index contributed by atoms with van der Waals surface area (Å²) >= 11 is 1.25. The summed E-state index contributed by atoms with van der Waals surface area (Å²) in [6.45, 7) is 0.422. The molecule has 0 amide bonds. The monoisotopic (exact) mass is 315 g/mol. The van der Waals surface area contributed by atoms with E-state index in [1.54, 1.807) is 12.1 Å². The van der Waals surface area contributed by atoms with Gasteiger partial charge in [-0.2, -0.15) is 0 Å². The van der Waals surface area contributed by atoms with E-state index in [-0.39, 0.29) is 0 Å². The number of thiophene rings is 1. The van der Waals surface area contributed by atoms with Crippen molar-refractivity contribution in [2.75, 3.05) is 6.26 Å². The molecule has 20 heavy (non-hydrogen) atoms. The molecule has 0 spiro atoms. The molecule has 1 aromatic rings. The molecule has 0 bridgehead atoms. The first-order valence-corrected chi connectivity index (χ1v) is 9.51. The maximum atomic E-state index is 11.4. The van der Waals surface area contributed by atoms with Crippen molar-refractivity contribution >= 4 is 27.1 Å². The number of nitrogens with zero attached hydrogens (tertiary/aromatic N) is 1. The molecule has 3 N–H and O–H groups in total. The van der Waals surface area contributed by atoms with Crippen LogP contribution in [-0.2, 0) is 16.4 Å². The van der Waals surface area contributed by atoms with Gasteiger partial charge in [-0.3, -0.25) is 0 Å². The maximum absolute atomic E-state index is 11.4. The summed E-state index contributed by atoms with van der Waals surface area (Å²) in [5.74, 6) is 0.450. The minimum Gasteiger partial charge on any atom is -0.370 e. The third kappa shape index (κ3) is 4.49. The molecule has 1 saturated carbocycles. The first-order valence-electron chi connectivity index (χ1n) is 6.80. The van der Waals surface area contributed by atoms with Crippen molar-refractivity contribution in [3.8, 4) is 0 Å². The zero-order chi connectivity index (χ0) is 14.6. The van der Waals surface area contributed by atoms with E-state index in [9.17, 15) is 8.42 Å². The Balaban J connectivity index is 1.89. The highest BCUT2D eigenvalue weighted by Gasteiger charge is 2.13. The average molecular weight is 315 g/mol. The van der Waals surface area contributed by atoms with Crippen molar-refractivity contribution in [3.63, 3.8) is 0 Å². The van der Waals surface area contributed by atoms with E-state index in [1.807, 2.05) is 0 Å². The minimum absolute atomic E-state index is 0.376. The quantitative estimate of drug-likeness (QED) is 0.656. The number of rotatable bonds is 4. The Hall–Kier alpha value is -1.08. The number of hydrogen-bond donors (Lipinski definition) is 2. The first kappa shape index (κ1) is 15.3. The van der Waals surface area contributed by atoms with Crippen LogP contribution in [0.5, 0.6) is 0 Å². The number of sulfone groups is 1. The summed E-state index contributed by atoms with van der Waals surface area (Å²) < 4.78 is 23.1. The predicted molar refractivity (Wildman–Crippen MR) is 82.8 cm³/mol. The highest BCUT2D eigenvalue weighted by Crippen LogP contribution is 2.22. The van der Waals surface area contributed by atoms with E-state index in [4.69, 9.17) is 5.73 Å². The fourth-order valence-electron chi connectivity index (χ4n) is 2.31. The minimum atomic E-state index is -3.12. The molecule has 1 aromatic heterocycles. The van der Waals surface area contributed by atoms with E-state index >= 15 is 0 Å². The fraction of sp³-hybridized carbons (Fsp3) is 0.615.